The maximum absolute atomic E-state index is 12.2. The average Bonchev–Trinajstić information content (AvgIpc) is 3.25. The zero-order chi connectivity index (χ0) is 21.8. The quantitative estimate of drug-likeness (QED) is 0.520. The number of nitrogens with one attached hydrogen (secondary N) is 1. The summed E-state index contributed by atoms with van der Waals surface area (Å²) in [6.07, 6.45) is 2.17. The summed E-state index contributed by atoms with van der Waals surface area (Å²) in [4.78, 5) is 23.8. The SMILES string of the molecule is CC1(C)OB(C(=Cc2csc(C=O)c2)CNC(=O)OCc2ccccc2)OC1(C)C. The van der Waals surface area contributed by atoms with Crippen molar-refractivity contribution in [3.05, 3.63) is 63.3 Å². The third-order valence-electron chi connectivity index (χ3n) is 5.31. The maximum atomic E-state index is 12.2. The summed E-state index contributed by atoms with van der Waals surface area (Å²) in [5, 5.41) is 4.65. The highest BCUT2D eigenvalue weighted by Crippen LogP contribution is 2.38. The lowest BCUT2D eigenvalue weighted by atomic mass is 9.77. The Morgan fingerprint density at radius 2 is 1.83 bits per heavy atom. The van der Waals surface area contributed by atoms with Crippen LogP contribution in [0.25, 0.3) is 6.08 Å². The zero-order valence-electron chi connectivity index (χ0n) is 17.6. The van der Waals surface area contributed by atoms with Crippen LogP contribution in [0.15, 0.2) is 47.3 Å². The third-order valence-corrected chi connectivity index (χ3v) is 6.19. The number of carbonyl (C=O) groups is 2. The normalized spacial score (nSPS) is 17.6. The molecule has 158 valence electrons. The first-order chi connectivity index (χ1) is 14.2. The summed E-state index contributed by atoms with van der Waals surface area (Å²) in [6.45, 7) is 8.27. The molecule has 0 radical (unpaired) electrons. The van der Waals surface area contributed by atoms with Crippen molar-refractivity contribution >= 4 is 36.9 Å². The molecule has 1 amide bonds. The van der Waals surface area contributed by atoms with Crippen molar-refractivity contribution in [1.29, 1.82) is 0 Å². The standard InChI is InChI=1S/C22H26BNO5S/c1-21(2)22(3,4)29-23(28-21)18(10-17-11-19(13-25)30-15-17)12-24-20(26)27-14-16-8-6-5-7-9-16/h5-11,13,15H,12,14H2,1-4H3,(H,24,26). The molecule has 0 spiro atoms. The Bertz CT molecular complexity index is 907. The minimum atomic E-state index is -0.621. The van der Waals surface area contributed by atoms with E-state index in [1.165, 1.54) is 11.3 Å². The molecule has 2 aromatic rings. The van der Waals surface area contributed by atoms with Gasteiger partial charge in [0.25, 0.3) is 0 Å². The van der Waals surface area contributed by atoms with Gasteiger partial charge in [-0.3, -0.25) is 4.79 Å². The number of hydrogen-bond acceptors (Lipinski definition) is 6. The number of benzene rings is 1. The molecule has 1 aliphatic heterocycles. The van der Waals surface area contributed by atoms with Gasteiger partial charge in [-0.1, -0.05) is 36.4 Å². The molecule has 6 nitrogen and oxygen atoms in total. The van der Waals surface area contributed by atoms with E-state index in [-0.39, 0.29) is 13.2 Å². The zero-order valence-corrected chi connectivity index (χ0v) is 18.5. The van der Waals surface area contributed by atoms with E-state index in [0.717, 1.165) is 22.9 Å². The van der Waals surface area contributed by atoms with Crippen LogP contribution in [-0.4, -0.2) is 37.2 Å². The van der Waals surface area contributed by atoms with Gasteiger partial charge < -0.3 is 19.4 Å². The van der Waals surface area contributed by atoms with Crippen LogP contribution in [0.5, 0.6) is 0 Å². The number of amides is 1. The van der Waals surface area contributed by atoms with Gasteiger partial charge in [-0.05, 0) is 55.7 Å². The van der Waals surface area contributed by atoms with Crippen molar-refractivity contribution in [2.24, 2.45) is 0 Å². The number of hydrogen-bond donors (Lipinski definition) is 1. The molecule has 1 saturated heterocycles. The van der Waals surface area contributed by atoms with Gasteiger partial charge in [0.1, 0.15) is 6.61 Å². The molecule has 2 heterocycles. The monoisotopic (exact) mass is 427 g/mol. The van der Waals surface area contributed by atoms with E-state index in [2.05, 4.69) is 5.32 Å². The first kappa shape index (κ1) is 22.3. The maximum Gasteiger partial charge on any atom is 0.492 e. The van der Waals surface area contributed by atoms with Gasteiger partial charge in [0.05, 0.1) is 16.1 Å². The van der Waals surface area contributed by atoms with Gasteiger partial charge in [-0.25, -0.2) is 4.79 Å². The Labute approximate surface area is 181 Å². The smallest absolute Gasteiger partial charge is 0.445 e. The first-order valence-electron chi connectivity index (χ1n) is 9.74. The van der Waals surface area contributed by atoms with E-state index in [0.29, 0.717) is 4.88 Å². The molecule has 30 heavy (non-hydrogen) atoms. The molecule has 0 aliphatic carbocycles. The van der Waals surface area contributed by atoms with Crippen LogP contribution in [0.3, 0.4) is 0 Å². The minimum Gasteiger partial charge on any atom is -0.445 e. The molecule has 0 atom stereocenters. The van der Waals surface area contributed by atoms with Crippen LogP contribution in [0.1, 0.15) is 48.5 Å². The molecule has 1 aromatic carbocycles. The number of thiophene rings is 1. The largest absolute Gasteiger partial charge is 0.492 e. The van der Waals surface area contributed by atoms with Gasteiger partial charge in [-0.2, -0.15) is 0 Å². The summed E-state index contributed by atoms with van der Waals surface area (Å²) in [5.74, 6) is 0. The second-order valence-electron chi connectivity index (χ2n) is 8.12. The Balaban J connectivity index is 1.70. The van der Waals surface area contributed by atoms with Crippen molar-refractivity contribution < 1.29 is 23.6 Å². The summed E-state index contributed by atoms with van der Waals surface area (Å²) in [5.41, 5.74) is 1.49. The van der Waals surface area contributed by atoms with Crippen molar-refractivity contribution in [1.82, 2.24) is 5.32 Å². The van der Waals surface area contributed by atoms with E-state index in [9.17, 15) is 9.59 Å². The molecule has 1 aromatic heterocycles. The summed E-state index contributed by atoms with van der Waals surface area (Å²) in [6, 6.07) is 11.3. The third kappa shape index (κ3) is 5.39. The Morgan fingerprint density at radius 3 is 2.43 bits per heavy atom. The fourth-order valence-electron chi connectivity index (χ4n) is 2.87. The molecular formula is C22H26BNO5S. The lowest BCUT2D eigenvalue weighted by molar-refractivity contribution is 0.00578. The Kier molecular flexibility index (Phi) is 6.80. The lowest BCUT2D eigenvalue weighted by Gasteiger charge is -2.32. The molecule has 1 N–H and O–H groups in total. The molecule has 0 saturated carbocycles. The Morgan fingerprint density at radius 1 is 1.17 bits per heavy atom. The molecule has 1 aliphatic rings. The predicted octanol–water partition coefficient (Wildman–Crippen LogP) is 4.50. The highest BCUT2D eigenvalue weighted by Gasteiger charge is 2.52. The van der Waals surface area contributed by atoms with E-state index in [1.54, 1.807) is 6.07 Å². The van der Waals surface area contributed by atoms with E-state index in [1.807, 2.05) is 69.5 Å². The molecule has 3 rings (SSSR count). The average molecular weight is 427 g/mol. The number of ether oxygens (including phenoxy) is 1. The van der Waals surface area contributed by atoms with E-state index in [4.69, 9.17) is 14.0 Å². The molecule has 0 bridgehead atoms. The van der Waals surface area contributed by atoms with Crippen molar-refractivity contribution in [3.8, 4) is 0 Å². The topological polar surface area (TPSA) is 73.9 Å². The summed E-state index contributed by atoms with van der Waals surface area (Å²) < 4.78 is 17.6. The van der Waals surface area contributed by atoms with Gasteiger partial charge in [0.2, 0.25) is 0 Å². The van der Waals surface area contributed by atoms with Gasteiger partial charge in [0, 0.05) is 6.54 Å². The molecule has 0 unspecified atom stereocenters. The van der Waals surface area contributed by atoms with Gasteiger partial charge in [0.15, 0.2) is 6.29 Å². The second kappa shape index (κ2) is 9.16. The fourth-order valence-corrected chi connectivity index (χ4v) is 3.53. The lowest BCUT2D eigenvalue weighted by Crippen LogP contribution is -2.41. The number of aldehydes is 1. The molecule has 1 fully saturated rings. The van der Waals surface area contributed by atoms with Crippen LogP contribution < -0.4 is 5.32 Å². The fraction of sp³-hybridized carbons (Fsp3) is 0.364. The van der Waals surface area contributed by atoms with Crippen LogP contribution in [0.4, 0.5) is 4.79 Å². The number of carbonyl (C=O) groups excluding carboxylic acids is 2. The van der Waals surface area contributed by atoms with Crippen molar-refractivity contribution in [3.63, 3.8) is 0 Å². The molecular weight excluding hydrogens is 401 g/mol. The van der Waals surface area contributed by atoms with E-state index < -0.39 is 24.4 Å². The van der Waals surface area contributed by atoms with Crippen LogP contribution in [0.2, 0.25) is 0 Å². The van der Waals surface area contributed by atoms with Crippen molar-refractivity contribution in [2.45, 2.75) is 45.5 Å². The van der Waals surface area contributed by atoms with Crippen LogP contribution >= 0.6 is 11.3 Å². The molecule has 8 heteroatoms. The summed E-state index contributed by atoms with van der Waals surface area (Å²) >= 11 is 1.36. The highest BCUT2D eigenvalue weighted by molar-refractivity contribution is 7.11. The summed E-state index contributed by atoms with van der Waals surface area (Å²) in [7, 11) is -0.621. The highest BCUT2D eigenvalue weighted by atomic mass is 32.1. The van der Waals surface area contributed by atoms with Crippen LogP contribution in [0, 0.1) is 0 Å². The first-order valence-corrected chi connectivity index (χ1v) is 10.6. The van der Waals surface area contributed by atoms with Crippen molar-refractivity contribution in [2.75, 3.05) is 6.54 Å². The number of alkyl carbamates (subject to hydrolysis) is 1. The Hall–Kier alpha value is -2.42. The van der Waals surface area contributed by atoms with Gasteiger partial charge >= 0.3 is 13.2 Å². The minimum absolute atomic E-state index is 0.190. The van der Waals surface area contributed by atoms with E-state index >= 15 is 0 Å². The second-order valence-corrected chi connectivity index (χ2v) is 9.07. The van der Waals surface area contributed by atoms with Crippen LogP contribution in [-0.2, 0) is 20.7 Å². The van der Waals surface area contributed by atoms with Gasteiger partial charge in [-0.15, -0.1) is 11.3 Å². The predicted molar refractivity (Wildman–Crippen MR) is 118 cm³/mol. The number of rotatable bonds is 7.